The average Bonchev–Trinajstić information content (AvgIpc) is 3.36. The number of para-hydroxylation sites is 1. The summed E-state index contributed by atoms with van der Waals surface area (Å²) in [6.07, 6.45) is 4.63. The Morgan fingerprint density at radius 1 is 1.02 bits per heavy atom. The Kier molecular flexibility index (Phi) is 8.10. The van der Waals surface area contributed by atoms with Gasteiger partial charge in [0.1, 0.15) is 5.76 Å². The lowest BCUT2D eigenvalue weighted by atomic mass is 9.82. The maximum Gasteiger partial charge on any atom is 0.296 e. The molecule has 0 aliphatic carbocycles. The van der Waals surface area contributed by atoms with Crippen LogP contribution in [0.4, 0.5) is 5.69 Å². The van der Waals surface area contributed by atoms with Crippen LogP contribution in [0.2, 0.25) is 0 Å². The predicted octanol–water partition coefficient (Wildman–Crippen LogP) is 2.92. The number of piperidine rings is 1. The van der Waals surface area contributed by atoms with Gasteiger partial charge in [0, 0.05) is 37.3 Å². The maximum absolute atomic E-state index is 14.4. The van der Waals surface area contributed by atoms with Crippen molar-refractivity contribution in [1.29, 1.82) is 0 Å². The summed E-state index contributed by atoms with van der Waals surface area (Å²) < 4.78 is 27.8. The molecule has 2 aromatic rings. The Hall–Kier alpha value is -3.80. The van der Waals surface area contributed by atoms with Crippen LogP contribution in [0.15, 0.2) is 71.7 Å². The smallest absolute Gasteiger partial charge is 0.296 e. The zero-order valence-electron chi connectivity index (χ0n) is 24.0. The summed E-state index contributed by atoms with van der Waals surface area (Å²) in [7, 11) is 0.0580. The molecule has 2 saturated heterocycles. The van der Waals surface area contributed by atoms with E-state index >= 15 is 0 Å². The summed E-state index contributed by atoms with van der Waals surface area (Å²) in [4.78, 5) is 46.5. The van der Waals surface area contributed by atoms with E-state index in [9.17, 15) is 27.9 Å². The van der Waals surface area contributed by atoms with Crippen molar-refractivity contribution in [3.8, 4) is 0 Å². The van der Waals surface area contributed by atoms with E-state index in [1.807, 2.05) is 19.0 Å². The van der Waals surface area contributed by atoms with E-state index in [2.05, 4.69) is 6.58 Å². The molecule has 10 nitrogen and oxygen atoms in total. The zero-order chi connectivity index (χ0) is 30.2. The van der Waals surface area contributed by atoms with E-state index in [-0.39, 0.29) is 29.1 Å². The van der Waals surface area contributed by atoms with Crippen LogP contribution in [0.3, 0.4) is 0 Å². The quantitative estimate of drug-likeness (QED) is 0.206. The predicted molar refractivity (Wildman–Crippen MR) is 159 cm³/mol. The van der Waals surface area contributed by atoms with Crippen molar-refractivity contribution < 1.29 is 27.9 Å². The Labute approximate surface area is 246 Å². The number of aliphatic hydroxyl groups is 1. The second-order valence-electron chi connectivity index (χ2n) is 11.1. The van der Waals surface area contributed by atoms with Crippen LogP contribution < -0.4 is 4.90 Å². The fraction of sp³-hybridized carbons (Fsp3) is 0.387. The molecule has 2 aromatic carbocycles. The minimum atomic E-state index is -3.72. The normalized spacial score (nSPS) is 22.4. The van der Waals surface area contributed by atoms with E-state index in [0.29, 0.717) is 37.3 Å². The Morgan fingerprint density at radius 2 is 1.69 bits per heavy atom. The summed E-state index contributed by atoms with van der Waals surface area (Å²) in [5.74, 6) is -2.90. The van der Waals surface area contributed by atoms with Gasteiger partial charge < -0.3 is 19.8 Å². The Balaban J connectivity index is 1.65. The number of rotatable bonds is 9. The molecular formula is C31H36N4O6S. The lowest BCUT2D eigenvalue weighted by Crippen LogP contribution is -2.52. The zero-order valence-corrected chi connectivity index (χ0v) is 24.8. The highest BCUT2D eigenvalue weighted by atomic mass is 32.2. The molecule has 1 atom stereocenters. The van der Waals surface area contributed by atoms with E-state index in [1.165, 1.54) is 38.4 Å². The topological polar surface area (TPSA) is 119 Å². The number of Topliss-reactive ketones (excluding diaryl/α,β-unsaturated/α-hetero) is 1. The number of hydrogen-bond acceptors (Lipinski definition) is 7. The van der Waals surface area contributed by atoms with E-state index < -0.39 is 38.9 Å². The fourth-order valence-electron chi connectivity index (χ4n) is 6.21. The van der Waals surface area contributed by atoms with Crippen LogP contribution in [0.1, 0.15) is 36.8 Å². The number of nitrogens with zero attached hydrogens (tertiary/aromatic N) is 4. The van der Waals surface area contributed by atoms with Gasteiger partial charge in [-0.05, 0) is 70.2 Å². The third-order valence-corrected chi connectivity index (χ3v) is 10.1. The minimum absolute atomic E-state index is 0.0687. The number of fused-ring (bicyclic) bond motifs is 2. The van der Waals surface area contributed by atoms with Crippen molar-refractivity contribution in [3.63, 3.8) is 0 Å². The van der Waals surface area contributed by atoms with Gasteiger partial charge in [-0.15, -0.1) is 6.58 Å². The number of amides is 2. The highest BCUT2D eigenvalue weighted by Gasteiger charge is 2.66. The summed E-state index contributed by atoms with van der Waals surface area (Å²) in [6, 6.07) is 12.5. The second-order valence-corrected chi connectivity index (χ2v) is 13.0. The van der Waals surface area contributed by atoms with Crippen molar-refractivity contribution in [1.82, 2.24) is 14.1 Å². The van der Waals surface area contributed by atoms with Gasteiger partial charge in [-0.25, -0.2) is 8.42 Å². The molecule has 1 unspecified atom stereocenters. The van der Waals surface area contributed by atoms with Gasteiger partial charge in [0.2, 0.25) is 10.0 Å². The molecule has 3 heterocycles. The summed E-state index contributed by atoms with van der Waals surface area (Å²) >= 11 is 0. The molecule has 11 heteroatoms. The first kappa shape index (κ1) is 29.7. The Bertz CT molecular complexity index is 1560. The number of carbonyl (C=O) groups is 3. The molecule has 0 bridgehead atoms. The molecule has 0 saturated carbocycles. The molecule has 5 rings (SSSR count). The van der Waals surface area contributed by atoms with Gasteiger partial charge in [0.25, 0.3) is 17.6 Å². The standard InChI is InChI=1S/C31H36N4O6S/c1-4-17-34-25-12-7-6-11-24(25)31(30(34)39)26(28(37)29(38)35(31)21-10-18-32(2)3)27(36)22-13-15-23(16-14-22)42(40,41)33-19-8-5-9-20-33/h4,6-7,11-16,36H,1,5,8-10,17-21H2,2-3H3. The van der Waals surface area contributed by atoms with Crippen LogP contribution in [-0.2, 0) is 29.9 Å². The molecule has 0 aromatic heterocycles. The number of ketones is 1. The second kappa shape index (κ2) is 11.5. The molecule has 1 N–H and O–H groups in total. The molecule has 0 radical (unpaired) electrons. The minimum Gasteiger partial charge on any atom is -0.507 e. The molecule has 1 spiro atoms. The monoisotopic (exact) mass is 592 g/mol. The van der Waals surface area contributed by atoms with Gasteiger partial charge in [-0.2, -0.15) is 4.31 Å². The van der Waals surface area contributed by atoms with Crippen molar-refractivity contribution >= 4 is 39.1 Å². The van der Waals surface area contributed by atoms with Crippen LogP contribution in [0.5, 0.6) is 0 Å². The fourth-order valence-corrected chi connectivity index (χ4v) is 7.72. The highest BCUT2D eigenvalue weighted by Crippen LogP contribution is 2.53. The summed E-state index contributed by atoms with van der Waals surface area (Å²) in [5, 5.41) is 11.7. The average molecular weight is 593 g/mol. The van der Waals surface area contributed by atoms with Crippen LogP contribution >= 0.6 is 0 Å². The van der Waals surface area contributed by atoms with E-state index in [4.69, 9.17) is 0 Å². The van der Waals surface area contributed by atoms with Crippen molar-refractivity contribution in [3.05, 3.63) is 77.9 Å². The van der Waals surface area contributed by atoms with Crippen LogP contribution in [0, 0.1) is 0 Å². The summed E-state index contributed by atoms with van der Waals surface area (Å²) in [6.45, 7) is 5.52. The molecule has 42 heavy (non-hydrogen) atoms. The number of carbonyl (C=O) groups excluding carboxylic acids is 3. The van der Waals surface area contributed by atoms with Gasteiger partial charge >= 0.3 is 0 Å². The van der Waals surface area contributed by atoms with Gasteiger partial charge in [-0.3, -0.25) is 14.4 Å². The van der Waals surface area contributed by atoms with Crippen LogP contribution in [-0.4, -0.2) is 92.0 Å². The SMILES string of the molecule is C=CCN1C(=O)C2(C(=C(O)c3ccc(S(=O)(=O)N4CCCCC4)cc3)C(=O)C(=O)N2CCCN(C)C)c2ccccc21. The molecular weight excluding hydrogens is 556 g/mol. The van der Waals surface area contributed by atoms with Crippen molar-refractivity contribution in [2.75, 3.05) is 51.7 Å². The Morgan fingerprint density at radius 3 is 2.33 bits per heavy atom. The lowest BCUT2D eigenvalue weighted by molar-refractivity contribution is -0.143. The van der Waals surface area contributed by atoms with Crippen molar-refractivity contribution in [2.24, 2.45) is 0 Å². The maximum atomic E-state index is 14.4. The van der Waals surface area contributed by atoms with E-state index in [0.717, 1.165) is 19.3 Å². The van der Waals surface area contributed by atoms with Gasteiger partial charge in [0.05, 0.1) is 16.2 Å². The number of likely N-dealkylation sites (tertiary alicyclic amines) is 1. The molecule has 3 aliphatic heterocycles. The third-order valence-electron chi connectivity index (χ3n) is 8.19. The largest absolute Gasteiger partial charge is 0.507 e. The number of aliphatic hydroxyl groups excluding tert-OH is 1. The first-order valence-corrected chi connectivity index (χ1v) is 15.6. The lowest BCUT2D eigenvalue weighted by Gasteiger charge is -2.34. The number of sulfonamides is 1. The number of benzene rings is 2. The molecule has 2 amide bonds. The third kappa shape index (κ3) is 4.65. The summed E-state index contributed by atoms with van der Waals surface area (Å²) in [5.41, 5.74) is -1.12. The first-order valence-electron chi connectivity index (χ1n) is 14.1. The highest BCUT2D eigenvalue weighted by molar-refractivity contribution is 7.89. The number of anilines is 1. The van der Waals surface area contributed by atoms with Gasteiger partial charge in [0.15, 0.2) is 5.54 Å². The number of hydrogen-bond donors (Lipinski definition) is 1. The van der Waals surface area contributed by atoms with Crippen molar-refractivity contribution in [2.45, 2.75) is 36.1 Å². The molecule has 222 valence electrons. The molecule has 3 aliphatic rings. The first-order chi connectivity index (χ1) is 20.1. The van der Waals surface area contributed by atoms with E-state index in [1.54, 1.807) is 30.3 Å². The van der Waals surface area contributed by atoms with Crippen LogP contribution in [0.25, 0.3) is 5.76 Å². The molecule has 2 fully saturated rings. The van der Waals surface area contributed by atoms with Gasteiger partial charge in [-0.1, -0.05) is 30.7 Å².